The zero-order valence-corrected chi connectivity index (χ0v) is 14.3. The Morgan fingerprint density at radius 2 is 1.83 bits per heavy atom. The van der Waals surface area contributed by atoms with Crippen LogP contribution in [0.4, 0.5) is 5.13 Å². The Balaban J connectivity index is 1.97. The first-order chi connectivity index (χ1) is 11.7. The summed E-state index contributed by atoms with van der Waals surface area (Å²) in [5.74, 6) is 0.727. The molecule has 118 valence electrons. The van der Waals surface area contributed by atoms with Crippen LogP contribution in [-0.2, 0) is 0 Å². The average Bonchev–Trinajstić information content (AvgIpc) is 3.00. The average molecular weight is 354 g/mol. The van der Waals surface area contributed by atoms with E-state index in [1.165, 1.54) is 11.3 Å². The van der Waals surface area contributed by atoms with Crippen LogP contribution in [0.25, 0.3) is 22.3 Å². The first-order valence-electron chi connectivity index (χ1n) is 7.33. The van der Waals surface area contributed by atoms with E-state index in [-0.39, 0.29) is 0 Å². The van der Waals surface area contributed by atoms with Gasteiger partial charge in [-0.2, -0.15) is 0 Å². The fraction of sp³-hybridized carbons (Fsp3) is 0.0556. The van der Waals surface area contributed by atoms with Crippen molar-refractivity contribution in [1.82, 2.24) is 10.2 Å². The maximum Gasteiger partial charge on any atom is 0.232 e. The highest BCUT2D eigenvalue weighted by Gasteiger charge is 2.07. The highest BCUT2D eigenvalue weighted by molar-refractivity contribution is 7.14. The van der Waals surface area contributed by atoms with Crippen molar-refractivity contribution in [2.24, 2.45) is 4.99 Å². The third-order valence-corrected chi connectivity index (χ3v) is 4.50. The van der Waals surface area contributed by atoms with Crippen molar-refractivity contribution in [2.75, 3.05) is 0 Å². The Morgan fingerprint density at radius 1 is 1.04 bits per heavy atom. The second-order valence-electron chi connectivity index (χ2n) is 5.21. The molecule has 0 atom stereocenters. The number of halogens is 1. The number of aromatic nitrogens is 2. The van der Waals surface area contributed by atoms with Crippen LogP contribution in [0.5, 0.6) is 0 Å². The molecule has 0 aliphatic heterocycles. The lowest BCUT2D eigenvalue weighted by Gasteiger charge is -2.04. The molecule has 2 aromatic carbocycles. The van der Waals surface area contributed by atoms with Crippen molar-refractivity contribution in [1.29, 1.82) is 0 Å². The first-order valence-corrected chi connectivity index (χ1v) is 8.52. The van der Waals surface area contributed by atoms with E-state index in [0.717, 1.165) is 32.7 Å². The molecule has 2 aromatic heterocycles. The molecule has 4 rings (SSSR count). The molecule has 6 heteroatoms. The van der Waals surface area contributed by atoms with Crippen LogP contribution in [0.1, 0.15) is 5.01 Å². The van der Waals surface area contributed by atoms with Crippen molar-refractivity contribution in [3.05, 3.63) is 70.0 Å². The lowest BCUT2D eigenvalue weighted by Crippen LogP contribution is -2.02. The minimum absolute atomic E-state index is 0.630. The molecule has 0 saturated carbocycles. The van der Waals surface area contributed by atoms with Crippen LogP contribution in [-0.4, -0.2) is 10.2 Å². The van der Waals surface area contributed by atoms with E-state index in [0.29, 0.717) is 10.2 Å². The van der Waals surface area contributed by atoms with Gasteiger partial charge in [0.15, 0.2) is 0 Å². The summed E-state index contributed by atoms with van der Waals surface area (Å²) in [5.41, 5.74) is 1.71. The molecule has 4 aromatic rings. The van der Waals surface area contributed by atoms with Gasteiger partial charge in [-0.3, -0.25) is 0 Å². The smallest absolute Gasteiger partial charge is 0.232 e. The summed E-state index contributed by atoms with van der Waals surface area (Å²) in [7, 11) is 0. The van der Waals surface area contributed by atoms with Gasteiger partial charge >= 0.3 is 0 Å². The lowest BCUT2D eigenvalue weighted by atomic mass is 10.1. The van der Waals surface area contributed by atoms with Gasteiger partial charge in [-0.1, -0.05) is 35.1 Å². The summed E-state index contributed by atoms with van der Waals surface area (Å²) in [5, 5.41) is 12.0. The summed E-state index contributed by atoms with van der Waals surface area (Å²) in [6.45, 7) is 1.91. The quantitative estimate of drug-likeness (QED) is 0.501. The maximum atomic E-state index is 6.04. The molecule has 0 radical (unpaired) electrons. The molecule has 24 heavy (non-hydrogen) atoms. The minimum Gasteiger partial charge on any atom is -0.456 e. The first kappa shape index (κ1) is 15.1. The van der Waals surface area contributed by atoms with Crippen molar-refractivity contribution in [3.63, 3.8) is 0 Å². The molecule has 0 bridgehead atoms. The predicted molar refractivity (Wildman–Crippen MR) is 96.5 cm³/mol. The van der Waals surface area contributed by atoms with Crippen LogP contribution < -0.4 is 5.36 Å². The van der Waals surface area contributed by atoms with Gasteiger partial charge in [-0.05, 0) is 43.3 Å². The number of hydrogen-bond acceptors (Lipinski definition) is 5. The van der Waals surface area contributed by atoms with Crippen molar-refractivity contribution < 1.29 is 4.42 Å². The molecule has 0 N–H and O–H groups in total. The van der Waals surface area contributed by atoms with E-state index < -0.39 is 0 Å². The Hall–Kier alpha value is -2.50. The maximum absolute atomic E-state index is 6.04. The predicted octanol–water partition coefficient (Wildman–Crippen LogP) is 5.15. The molecule has 0 unspecified atom stereocenters. The number of para-hydroxylation sites is 1. The lowest BCUT2D eigenvalue weighted by molar-refractivity contribution is 0.618. The van der Waals surface area contributed by atoms with E-state index in [1.807, 2.05) is 61.5 Å². The summed E-state index contributed by atoms with van der Waals surface area (Å²) in [6.07, 6.45) is 0. The Morgan fingerprint density at radius 3 is 2.58 bits per heavy atom. The van der Waals surface area contributed by atoms with E-state index in [9.17, 15) is 0 Å². The van der Waals surface area contributed by atoms with Gasteiger partial charge in [-0.25, -0.2) is 4.99 Å². The number of aryl methyl sites for hydroxylation is 1. The third-order valence-electron chi connectivity index (χ3n) is 3.51. The van der Waals surface area contributed by atoms with Crippen LogP contribution in [0, 0.1) is 6.92 Å². The standard InChI is InChI=1S/C18H12ClN3OS/c1-11-21-22-18(24-11)20-15-10-17(12-6-8-13(19)9-7-12)23-16-5-3-2-4-14(15)16/h2-10H,1H3. The zero-order valence-electron chi connectivity index (χ0n) is 12.7. The number of hydrogen-bond donors (Lipinski definition) is 0. The van der Waals surface area contributed by atoms with Gasteiger partial charge in [0.25, 0.3) is 0 Å². The molecule has 0 saturated heterocycles. The summed E-state index contributed by atoms with van der Waals surface area (Å²) >= 11 is 7.43. The molecular formula is C18H12ClN3OS. The Labute approximate surface area is 147 Å². The molecule has 0 fully saturated rings. The van der Waals surface area contributed by atoms with Crippen LogP contribution in [0.2, 0.25) is 5.02 Å². The third kappa shape index (κ3) is 2.96. The van der Waals surface area contributed by atoms with Gasteiger partial charge in [0.2, 0.25) is 5.13 Å². The largest absolute Gasteiger partial charge is 0.456 e. The Bertz CT molecular complexity index is 1080. The van der Waals surface area contributed by atoms with E-state index in [1.54, 1.807) is 0 Å². The van der Waals surface area contributed by atoms with Crippen LogP contribution in [0.3, 0.4) is 0 Å². The van der Waals surface area contributed by atoms with Gasteiger partial charge in [-0.15, -0.1) is 10.2 Å². The molecule has 0 spiro atoms. The summed E-state index contributed by atoms with van der Waals surface area (Å²) < 4.78 is 6.04. The number of rotatable bonds is 2. The topological polar surface area (TPSA) is 51.3 Å². The van der Waals surface area contributed by atoms with Crippen LogP contribution >= 0.6 is 22.9 Å². The molecule has 0 aliphatic carbocycles. The van der Waals surface area contributed by atoms with Gasteiger partial charge in [0.1, 0.15) is 16.4 Å². The number of fused-ring (bicyclic) bond motifs is 1. The zero-order chi connectivity index (χ0) is 16.5. The van der Waals surface area contributed by atoms with Gasteiger partial charge < -0.3 is 4.42 Å². The monoisotopic (exact) mass is 353 g/mol. The molecule has 0 aliphatic rings. The van der Waals surface area contributed by atoms with Crippen molar-refractivity contribution in [3.8, 4) is 11.3 Å². The van der Waals surface area contributed by atoms with Crippen LogP contribution in [0.15, 0.2) is 64.0 Å². The molecule has 2 heterocycles. The number of benzene rings is 2. The second-order valence-corrected chi connectivity index (χ2v) is 6.81. The highest BCUT2D eigenvalue weighted by atomic mass is 35.5. The van der Waals surface area contributed by atoms with Crippen molar-refractivity contribution in [2.45, 2.75) is 6.92 Å². The summed E-state index contributed by atoms with van der Waals surface area (Å²) in [4.78, 5) is 4.65. The minimum atomic E-state index is 0.630. The van der Waals surface area contributed by atoms with Gasteiger partial charge in [0, 0.05) is 22.0 Å². The molecule has 0 amide bonds. The van der Waals surface area contributed by atoms with E-state index >= 15 is 0 Å². The summed E-state index contributed by atoms with van der Waals surface area (Å²) in [6, 6.07) is 17.3. The number of nitrogens with zero attached hydrogens (tertiary/aromatic N) is 3. The molecule has 4 nitrogen and oxygen atoms in total. The van der Waals surface area contributed by atoms with E-state index in [2.05, 4.69) is 15.2 Å². The SMILES string of the molecule is Cc1nnc(N=c2cc(-c3ccc(Cl)cc3)oc3ccccc23)s1. The van der Waals surface area contributed by atoms with Gasteiger partial charge in [0.05, 0.1) is 5.36 Å². The second kappa shape index (κ2) is 6.19. The fourth-order valence-electron chi connectivity index (χ4n) is 2.40. The molecular weight excluding hydrogens is 342 g/mol. The normalized spacial score (nSPS) is 12.0. The van der Waals surface area contributed by atoms with E-state index in [4.69, 9.17) is 16.0 Å². The fourth-order valence-corrected chi connectivity index (χ4v) is 3.10. The van der Waals surface area contributed by atoms with Crippen molar-refractivity contribution >= 4 is 39.0 Å². The Kier molecular flexibility index (Phi) is 3.88. The highest BCUT2D eigenvalue weighted by Crippen LogP contribution is 2.24.